The molecule has 1 rings (SSSR count). The van der Waals surface area contributed by atoms with Crippen LogP contribution >= 0.6 is 0 Å². The van der Waals surface area contributed by atoms with Gasteiger partial charge in [0, 0.05) is 11.6 Å². The summed E-state index contributed by atoms with van der Waals surface area (Å²) in [4.78, 5) is 20.7. The molecular weight excluding hydrogens is 206 g/mol. The van der Waals surface area contributed by atoms with Crippen molar-refractivity contribution in [3.05, 3.63) is 41.5 Å². The Morgan fingerprint density at radius 3 is 2.47 bits per heavy atom. The van der Waals surface area contributed by atoms with Crippen molar-refractivity contribution in [2.75, 3.05) is 0 Å². The van der Waals surface area contributed by atoms with Gasteiger partial charge in [0.15, 0.2) is 0 Å². The fourth-order valence-corrected chi connectivity index (χ4v) is 0.873. The van der Waals surface area contributed by atoms with Crippen LogP contribution in [0.2, 0.25) is 0 Å². The molecule has 1 N–H and O–H groups in total. The Morgan fingerprint density at radius 1 is 1.27 bits per heavy atom. The van der Waals surface area contributed by atoms with Crippen LogP contribution in [0.15, 0.2) is 24.3 Å². The first kappa shape index (κ1) is 11.0. The molecule has 0 radical (unpaired) electrons. The first-order chi connectivity index (χ1) is 7.00. The number of halogens is 2. The topological polar surface area (TPSA) is 54.4 Å². The second kappa shape index (κ2) is 4.45. The molecule has 0 unspecified atom stereocenters. The number of aliphatic carboxylic acids is 1. The summed E-state index contributed by atoms with van der Waals surface area (Å²) in [5.41, 5.74) is -0.0500. The van der Waals surface area contributed by atoms with Gasteiger partial charge in [0.05, 0.1) is 0 Å². The van der Waals surface area contributed by atoms with Gasteiger partial charge >= 0.3 is 5.97 Å². The second-order valence-corrected chi connectivity index (χ2v) is 2.67. The summed E-state index contributed by atoms with van der Waals surface area (Å²) in [6.45, 7) is 0. The highest BCUT2D eigenvalue weighted by atomic mass is 19.1. The number of carbonyl (C=O) groups excluding carboxylic acids is 1. The van der Waals surface area contributed by atoms with Crippen LogP contribution in [0.4, 0.5) is 8.78 Å². The minimum Gasteiger partial charge on any atom is -0.475 e. The quantitative estimate of drug-likeness (QED) is 0.612. The third-order valence-corrected chi connectivity index (χ3v) is 1.59. The van der Waals surface area contributed by atoms with Gasteiger partial charge in [-0.3, -0.25) is 4.79 Å². The molecule has 3 nitrogen and oxygen atoms in total. The molecule has 0 aliphatic rings. The van der Waals surface area contributed by atoms with Crippen molar-refractivity contribution in [1.29, 1.82) is 0 Å². The van der Waals surface area contributed by atoms with E-state index in [1.54, 1.807) is 0 Å². The summed E-state index contributed by atoms with van der Waals surface area (Å²) < 4.78 is 25.4. The van der Waals surface area contributed by atoms with Crippen LogP contribution in [-0.4, -0.2) is 16.9 Å². The molecule has 0 heterocycles. The largest absolute Gasteiger partial charge is 0.475 e. The summed E-state index contributed by atoms with van der Waals surface area (Å²) in [6.07, 6.45) is 1.68. The molecule has 0 saturated carbocycles. The van der Waals surface area contributed by atoms with E-state index in [0.717, 1.165) is 18.2 Å². The van der Waals surface area contributed by atoms with Crippen molar-refractivity contribution in [3.63, 3.8) is 0 Å². The minimum atomic E-state index is -1.63. The van der Waals surface area contributed by atoms with Gasteiger partial charge in [0.2, 0.25) is 0 Å². The van der Waals surface area contributed by atoms with E-state index in [1.165, 1.54) is 0 Å². The molecule has 0 amide bonds. The van der Waals surface area contributed by atoms with Crippen LogP contribution in [0.3, 0.4) is 0 Å². The average molecular weight is 212 g/mol. The molecule has 0 aromatic heterocycles. The van der Waals surface area contributed by atoms with Crippen LogP contribution in [0.1, 0.15) is 5.56 Å². The van der Waals surface area contributed by atoms with Crippen molar-refractivity contribution in [2.24, 2.45) is 0 Å². The molecule has 15 heavy (non-hydrogen) atoms. The first-order valence-electron chi connectivity index (χ1n) is 3.91. The molecule has 78 valence electrons. The van der Waals surface area contributed by atoms with Crippen LogP contribution in [0, 0.1) is 11.6 Å². The van der Waals surface area contributed by atoms with E-state index in [4.69, 9.17) is 5.11 Å². The van der Waals surface area contributed by atoms with Crippen LogP contribution in [0.5, 0.6) is 0 Å². The molecule has 0 saturated heterocycles. The molecule has 0 aliphatic carbocycles. The normalized spacial score (nSPS) is 10.5. The zero-order valence-electron chi connectivity index (χ0n) is 7.41. The number of ketones is 1. The van der Waals surface area contributed by atoms with Crippen molar-refractivity contribution in [1.82, 2.24) is 0 Å². The van der Waals surface area contributed by atoms with Gasteiger partial charge < -0.3 is 5.11 Å². The third-order valence-electron chi connectivity index (χ3n) is 1.59. The summed E-state index contributed by atoms with van der Waals surface area (Å²) in [5, 5.41) is 8.22. The van der Waals surface area contributed by atoms with Crippen LogP contribution < -0.4 is 0 Å². The Labute approximate surface area is 83.6 Å². The smallest absolute Gasteiger partial charge is 0.376 e. The maximum atomic E-state index is 13.0. The molecule has 0 spiro atoms. The number of benzene rings is 1. The first-order valence-corrected chi connectivity index (χ1v) is 3.91. The van der Waals surface area contributed by atoms with Crippen molar-refractivity contribution >= 4 is 17.8 Å². The Kier molecular flexibility index (Phi) is 3.28. The molecule has 0 fully saturated rings. The molecule has 1 aromatic carbocycles. The van der Waals surface area contributed by atoms with E-state index in [2.05, 4.69) is 0 Å². The summed E-state index contributed by atoms with van der Waals surface area (Å²) in [6, 6.07) is 2.76. The summed E-state index contributed by atoms with van der Waals surface area (Å²) >= 11 is 0. The number of rotatable bonds is 3. The van der Waals surface area contributed by atoms with E-state index in [9.17, 15) is 18.4 Å². The number of hydrogen-bond donors (Lipinski definition) is 1. The molecule has 0 bridgehead atoms. The maximum Gasteiger partial charge on any atom is 0.376 e. The van der Waals surface area contributed by atoms with Crippen molar-refractivity contribution < 1.29 is 23.5 Å². The van der Waals surface area contributed by atoms with Crippen LogP contribution in [-0.2, 0) is 9.59 Å². The highest BCUT2D eigenvalue weighted by Gasteiger charge is 2.06. The monoisotopic (exact) mass is 212 g/mol. The summed E-state index contributed by atoms with van der Waals surface area (Å²) in [7, 11) is 0. The van der Waals surface area contributed by atoms with E-state index < -0.39 is 23.4 Å². The van der Waals surface area contributed by atoms with E-state index in [-0.39, 0.29) is 5.56 Å². The lowest BCUT2D eigenvalue weighted by Gasteiger charge is -1.95. The fraction of sp³-hybridized carbons (Fsp3) is 0. The second-order valence-electron chi connectivity index (χ2n) is 2.67. The number of carbonyl (C=O) groups is 2. The van der Waals surface area contributed by atoms with Gasteiger partial charge in [-0.25, -0.2) is 13.6 Å². The van der Waals surface area contributed by atoms with Gasteiger partial charge in [-0.2, -0.15) is 0 Å². The zero-order chi connectivity index (χ0) is 11.4. The molecule has 5 heteroatoms. The molecular formula is C10H6F2O3. The van der Waals surface area contributed by atoms with Gasteiger partial charge in [-0.05, 0) is 24.3 Å². The van der Waals surface area contributed by atoms with E-state index in [1.807, 2.05) is 0 Å². The predicted molar refractivity (Wildman–Crippen MR) is 48.0 cm³/mol. The minimum absolute atomic E-state index is 0.0500. The van der Waals surface area contributed by atoms with E-state index >= 15 is 0 Å². The van der Waals surface area contributed by atoms with Gasteiger partial charge in [0.25, 0.3) is 5.78 Å². The van der Waals surface area contributed by atoms with Gasteiger partial charge in [-0.1, -0.05) is 0 Å². The highest BCUT2D eigenvalue weighted by molar-refractivity contribution is 6.38. The van der Waals surface area contributed by atoms with Crippen LogP contribution in [0.25, 0.3) is 6.08 Å². The lowest BCUT2D eigenvalue weighted by Crippen LogP contribution is -2.08. The third kappa shape index (κ3) is 2.98. The lowest BCUT2D eigenvalue weighted by molar-refractivity contribution is -0.146. The fourth-order valence-electron chi connectivity index (χ4n) is 0.873. The molecule has 0 aliphatic heterocycles. The number of hydrogen-bond acceptors (Lipinski definition) is 2. The summed E-state index contributed by atoms with van der Waals surface area (Å²) in [5.74, 6) is -4.40. The Morgan fingerprint density at radius 2 is 1.93 bits per heavy atom. The maximum absolute atomic E-state index is 13.0. The zero-order valence-corrected chi connectivity index (χ0v) is 7.41. The van der Waals surface area contributed by atoms with E-state index in [0.29, 0.717) is 12.1 Å². The number of carboxylic acid groups (broad SMARTS) is 1. The molecule has 1 aromatic rings. The predicted octanol–water partition coefficient (Wildman–Crippen LogP) is 1.63. The average Bonchev–Trinajstić information content (AvgIpc) is 2.15. The van der Waals surface area contributed by atoms with Crippen molar-refractivity contribution in [3.8, 4) is 0 Å². The highest BCUT2D eigenvalue weighted by Crippen LogP contribution is 2.10. The van der Waals surface area contributed by atoms with Gasteiger partial charge in [-0.15, -0.1) is 0 Å². The molecule has 0 atom stereocenters. The van der Waals surface area contributed by atoms with Crippen molar-refractivity contribution in [2.45, 2.75) is 0 Å². The Bertz CT molecular complexity index is 438. The Hall–Kier alpha value is -2.04. The number of carboxylic acids is 1. The standard InChI is InChI=1S/C10H6F2O3/c11-7-3-1-6(8(12)5-7)2-4-9(13)10(14)15/h1-5H,(H,14,15)/b4-2+. The van der Waals surface area contributed by atoms with Gasteiger partial charge in [0.1, 0.15) is 11.6 Å². The lowest BCUT2D eigenvalue weighted by atomic mass is 10.2. The Balaban J connectivity index is 2.90. The SMILES string of the molecule is O=C(O)C(=O)/C=C/c1ccc(F)cc1F.